The van der Waals surface area contributed by atoms with Crippen LogP contribution < -0.4 is 10.1 Å². The molecule has 1 atom stereocenters. The van der Waals surface area contributed by atoms with Gasteiger partial charge in [-0.2, -0.15) is 0 Å². The number of carbonyl (C=O) groups is 1. The Morgan fingerprint density at radius 3 is 2.41 bits per heavy atom. The van der Waals surface area contributed by atoms with E-state index in [0.717, 1.165) is 0 Å². The zero-order valence-corrected chi connectivity index (χ0v) is 12.5. The molecule has 0 fully saturated rings. The van der Waals surface area contributed by atoms with Gasteiger partial charge in [0.25, 0.3) is 0 Å². The van der Waals surface area contributed by atoms with Crippen LogP contribution in [0.1, 0.15) is 18.1 Å². The number of aliphatic hydroxyl groups is 1. The Bertz CT molecular complexity index is 716. The Morgan fingerprint density at radius 1 is 1.23 bits per heavy atom. The van der Waals surface area contributed by atoms with Gasteiger partial charge in [0, 0.05) is 23.7 Å². The van der Waals surface area contributed by atoms with E-state index in [-0.39, 0.29) is 5.91 Å². The van der Waals surface area contributed by atoms with Gasteiger partial charge in [-0.1, -0.05) is 36.3 Å². The van der Waals surface area contributed by atoms with Crippen molar-refractivity contribution >= 4 is 11.6 Å². The van der Waals surface area contributed by atoms with Crippen LogP contribution in [-0.4, -0.2) is 18.1 Å². The SMILES string of the molecule is C#CC(O)(c1ccc(OC)cc1)c1ccccc1NC(C)=O. The van der Waals surface area contributed by atoms with Crippen LogP contribution in [-0.2, 0) is 10.4 Å². The summed E-state index contributed by atoms with van der Waals surface area (Å²) in [5.41, 5.74) is -0.205. The summed E-state index contributed by atoms with van der Waals surface area (Å²) in [5, 5.41) is 13.7. The largest absolute Gasteiger partial charge is 0.497 e. The molecule has 112 valence electrons. The summed E-state index contributed by atoms with van der Waals surface area (Å²) in [6, 6.07) is 13.7. The molecule has 4 nitrogen and oxygen atoms in total. The molecule has 0 saturated heterocycles. The Kier molecular flexibility index (Phi) is 4.50. The molecule has 0 heterocycles. The lowest BCUT2D eigenvalue weighted by Crippen LogP contribution is -2.27. The zero-order valence-electron chi connectivity index (χ0n) is 12.5. The molecule has 0 aliphatic rings. The van der Waals surface area contributed by atoms with E-state index in [2.05, 4.69) is 11.2 Å². The first-order valence-electron chi connectivity index (χ1n) is 6.73. The molecule has 4 heteroatoms. The van der Waals surface area contributed by atoms with Crippen LogP contribution in [0, 0.1) is 12.3 Å². The number of amides is 1. The van der Waals surface area contributed by atoms with Crippen LogP contribution in [0.5, 0.6) is 5.75 Å². The Morgan fingerprint density at radius 2 is 1.86 bits per heavy atom. The molecule has 2 aromatic carbocycles. The number of hydrogen-bond donors (Lipinski definition) is 2. The van der Waals surface area contributed by atoms with Crippen molar-refractivity contribution in [3.05, 3.63) is 59.7 Å². The maximum absolute atomic E-state index is 11.3. The van der Waals surface area contributed by atoms with Crippen molar-refractivity contribution in [2.75, 3.05) is 12.4 Å². The molecule has 2 rings (SSSR count). The number of benzene rings is 2. The molecule has 0 aliphatic carbocycles. The van der Waals surface area contributed by atoms with Crippen LogP contribution in [0.2, 0.25) is 0 Å². The summed E-state index contributed by atoms with van der Waals surface area (Å²) in [7, 11) is 1.56. The third kappa shape index (κ3) is 2.95. The van der Waals surface area contributed by atoms with Crippen molar-refractivity contribution in [1.82, 2.24) is 0 Å². The minimum Gasteiger partial charge on any atom is -0.497 e. The first-order valence-corrected chi connectivity index (χ1v) is 6.73. The van der Waals surface area contributed by atoms with Gasteiger partial charge in [-0.25, -0.2) is 0 Å². The Hall–Kier alpha value is -2.77. The minimum atomic E-state index is -1.65. The highest BCUT2D eigenvalue weighted by Crippen LogP contribution is 2.34. The average molecular weight is 295 g/mol. The summed E-state index contributed by atoms with van der Waals surface area (Å²) < 4.78 is 5.11. The van der Waals surface area contributed by atoms with Crippen molar-refractivity contribution < 1.29 is 14.6 Å². The van der Waals surface area contributed by atoms with Gasteiger partial charge in [0.2, 0.25) is 5.91 Å². The maximum atomic E-state index is 11.3. The van der Waals surface area contributed by atoms with E-state index in [4.69, 9.17) is 11.2 Å². The highest BCUT2D eigenvalue weighted by Gasteiger charge is 2.31. The van der Waals surface area contributed by atoms with E-state index < -0.39 is 5.60 Å². The van der Waals surface area contributed by atoms with Crippen molar-refractivity contribution in [1.29, 1.82) is 0 Å². The van der Waals surface area contributed by atoms with Gasteiger partial charge in [-0.15, -0.1) is 6.42 Å². The lowest BCUT2D eigenvalue weighted by Gasteiger charge is -2.26. The molecule has 0 bridgehead atoms. The number of rotatable bonds is 4. The minimum absolute atomic E-state index is 0.235. The Balaban J connectivity index is 2.54. The van der Waals surface area contributed by atoms with Crippen molar-refractivity contribution in [3.63, 3.8) is 0 Å². The molecule has 0 aromatic heterocycles. The van der Waals surface area contributed by atoms with Crippen LogP contribution in [0.15, 0.2) is 48.5 Å². The van der Waals surface area contributed by atoms with Crippen LogP contribution in [0.25, 0.3) is 0 Å². The van der Waals surface area contributed by atoms with Crippen LogP contribution in [0.3, 0.4) is 0 Å². The average Bonchev–Trinajstić information content (AvgIpc) is 2.54. The van der Waals surface area contributed by atoms with E-state index in [9.17, 15) is 9.90 Å². The van der Waals surface area contributed by atoms with Crippen molar-refractivity contribution in [2.24, 2.45) is 0 Å². The van der Waals surface area contributed by atoms with Crippen molar-refractivity contribution in [3.8, 4) is 18.1 Å². The second kappa shape index (κ2) is 6.33. The third-order valence-electron chi connectivity index (χ3n) is 3.34. The molecule has 0 aliphatic heterocycles. The van der Waals surface area contributed by atoms with Crippen LogP contribution in [0.4, 0.5) is 5.69 Å². The molecule has 0 radical (unpaired) electrons. The monoisotopic (exact) mass is 295 g/mol. The number of methoxy groups -OCH3 is 1. The third-order valence-corrected chi connectivity index (χ3v) is 3.34. The first-order chi connectivity index (χ1) is 10.5. The molecule has 1 amide bonds. The summed E-state index contributed by atoms with van der Waals surface area (Å²) >= 11 is 0. The van der Waals surface area contributed by atoms with Gasteiger partial charge in [-0.3, -0.25) is 4.79 Å². The number of anilines is 1. The highest BCUT2D eigenvalue weighted by molar-refractivity contribution is 5.90. The fraction of sp³-hybridized carbons (Fsp3) is 0.167. The van der Waals surface area contributed by atoms with Gasteiger partial charge >= 0.3 is 0 Å². The number of carbonyl (C=O) groups excluding carboxylic acids is 1. The fourth-order valence-corrected chi connectivity index (χ4v) is 2.25. The topological polar surface area (TPSA) is 58.6 Å². The maximum Gasteiger partial charge on any atom is 0.221 e. The summed E-state index contributed by atoms with van der Waals surface area (Å²) in [6.45, 7) is 1.40. The number of ether oxygens (including phenoxy) is 1. The number of para-hydroxylation sites is 1. The normalized spacial score (nSPS) is 12.8. The predicted octanol–water partition coefficient (Wildman–Crippen LogP) is 2.52. The predicted molar refractivity (Wildman–Crippen MR) is 85.6 cm³/mol. The molecule has 2 aromatic rings. The summed E-state index contributed by atoms with van der Waals surface area (Å²) in [4.78, 5) is 11.3. The second-order valence-electron chi connectivity index (χ2n) is 4.81. The molecule has 1 unspecified atom stereocenters. The fourth-order valence-electron chi connectivity index (χ4n) is 2.25. The van der Waals surface area contributed by atoms with E-state index in [1.807, 2.05) is 0 Å². The van der Waals surface area contributed by atoms with Crippen LogP contribution >= 0.6 is 0 Å². The highest BCUT2D eigenvalue weighted by atomic mass is 16.5. The molecular weight excluding hydrogens is 278 g/mol. The lowest BCUT2D eigenvalue weighted by atomic mass is 9.86. The van der Waals surface area contributed by atoms with E-state index in [1.165, 1.54) is 6.92 Å². The van der Waals surface area contributed by atoms with E-state index in [0.29, 0.717) is 22.6 Å². The summed E-state index contributed by atoms with van der Waals surface area (Å²) in [5.74, 6) is 2.86. The smallest absolute Gasteiger partial charge is 0.221 e. The standard InChI is InChI=1S/C18H17NO3/c1-4-18(21,14-9-11-15(22-3)12-10-14)16-7-5-6-8-17(16)19-13(2)20/h1,5-12,21H,2-3H3,(H,19,20). The van der Waals surface area contributed by atoms with E-state index in [1.54, 1.807) is 55.6 Å². The van der Waals surface area contributed by atoms with Gasteiger partial charge in [0.1, 0.15) is 5.75 Å². The van der Waals surface area contributed by atoms with Gasteiger partial charge < -0.3 is 15.2 Å². The molecule has 22 heavy (non-hydrogen) atoms. The Labute approximate surface area is 129 Å². The quantitative estimate of drug-likeness (QED) is 0.852. The van der Waals surface area contributed by atoms with Gasteiger partial charge in [0.05, 0.1) is 7.11 Å². The second-order valence-corrected chi connectivity index (χ2v) is 4.81. The lowest BCUT2D eigenvalue weighted by molar-refractivity contribution is -0.114. The molecule has 0 saturated carbocycles. The van der Waals surface area contributed by atoms with E-state index >= 15 is 0 Å². The number of nitrogens with one attached hydrogen (secondary N) is 1. The van der Waals surface area contributed by atoms with Gasteiger partial charge in [0.15, 0.2) is 5.60 Å². The molecule has 0 spiro atoms. The van der Waals surface area contributed by atoms with Gasteiger partial charge in [-0.05, 0) is 18.2 Å². The number of hydrogen-bond acceptors (Lipinski definition) is 3. The molecular formula is C18H17NO3. The molecule has 2 N–H and O–H groups in total. The van der Waals surface area contributed by atoms with Crippen molar-refractivity contribution in [2.45, 2.75) is 12.5 Å². The zero-order chi connectivity index (χ0) is 16.2. The summed E-state index contributed by atoms with van der Waals surface area (Å²) in [6.07, 6.45) is 5.60. The first kappa shape index (κ1) is 15.6. The number of terminal acetylenes is 1.